The van der Waals surface area contributed by atoms with E-state index in [2.05, 4.69) is 5.32 Å². The first-order chi connectivity index (χ1) is 7.91. The van der Waals surface area contributed by atoms with E-state index in [4.69, 9.17) is 9.47 Å². The standard InChI is InChI=1S/C12H23NO4/c1-9(2)6-12(3,15)8-13-11(14)10-7-16-4-5-17-10/h9-10,15H,4-8H2,1-3H3,(H,13,14). The van der Waals surface area contributed by atoms with Gasteiger partial charge in [-0.15, -0.1) is 0 Å². The highest BCUT2D eigenvalue weighted by atomic mass is 16.6. The molecule has 0 aromatic carbocycles. The van der Waals surface area contributed by atoms with Crippen LogP contribution in [0.15, 0.2) is 0 Å². The SMILES string of the molecule is CC(C)CC(C)(O)CNC(=O)C1COCCO1. The molecule has 2 N–H and O–H groups in total. The van der Waals surface area contributed by atoms with Gasteiger partial charge in [-0.1, -0.05) is 13.8 Å². The van der Waals surface area contributed by atoms with Crippen LogP contribution in [0.4, 0.5) is 0 Å². The normalized spacial score (nSPS) is 24.4. The van der Waals surface area contributed by atoms with Crippen molar-refractivity contribution in [3.63, 3.8) is 0 Å². The zero-order chi connectivity index (χ0) is 12.9. The first-order valence-corrected chi connectivity index (χ1v) is 6.10. The van der Waals surface area contributed by atoms with Crippen LogP contribution in [0.3, 0.4) is 0 Å². The molecule has 0 bridgehead atoms. The van der Waals surface area contributed by atoms with Gasteiger partial charge in [0.1, 0.15) is 0 Å². The summed E-state index contributed by atoms with van der Waals surface area (Å²) in [7, 11) is 0. The lowest BCUT2D eigenvalue weighted by Crippen LogP contribution is -2.48. The van der Waals surface area contributed by atoms with Gasteiger partial charge in [-0.05, 0) is 19.3 Å². The highest BCUT2D eigenvalue weighted by Crippen LogP contribution is 2.15. The van der Waals surface area contributed by atoms with E-state index in [1.54, 1.807) is 6.92 Å². The van der Waals surface area contributed by atoms with Gasteiger partial charge >= 0.3 is 0 Å². The molecule has 0 radical (unpaired) electrons. The Hall–Kier alpha value is -0.650. The highest BCUT2D eigenvalue weighted by molar-refractivity contribution is 5.81. The van der Waals surface area contributed by atoms with Crippen LogP contribution < -0.4 is 5.32 Å². The van der Waals surface area contributed by atoms with Crippen LogP contribution in [0.1, 0.15) is 27.2 Å². The predicted octanol–water partition coefficient (Wildman–Crippen LogP) is 0.315. The van der Waals surface area contributed by atoms with Crippen molar-refractivity contribution in [2.45, 2.75) is 38.9 Å². The first kappa shape index (κ1) is 14.4. The maximum Gasteiger partial charge on any atom is 0.251 e. The van der Waals surface area contributed by atoms with E-state index >= 15 is 0 Å². The van der Waals surface area contributed by atoms with Crippen molar-refractivity contribution in [2.75, 3.05) is 26.4 Å². The third kappa shape index (κ3) is 5.48. The van der Waals surface area contributed by atoms with Crippen molar-refractivity contribution < 1.29 is 19.4 Å². The average molecular weight is 245 g/mol. The lowest BCUT2D eigenvalue weighted by Gasteiger charge is -2.27. The Balaban J connectivity index is 2.31. The number of nitrogens with one attached hydrogen (secondary N) is 1. The van der Waals surface area contributed by atoms with Crippen LogP contribution in [0.5, 0.6) is 0 Å². The minimum atomic E-state index is -0.876. The lowest BCUT2D eigenvalue weighted by atomic mass is 9.94. The van der Waals surface area contributed by atoms with E-state index in [0.717, 1.165) is 0 Å². The molecule has 17 heavy (non-hydrogen) atoms. The fourth-order valence-electron chi connectivity index (χ4n) is 1.98. The Kier molecular flexibility index (Phi) is 5.36. The van der Waals surface area contributed by atoms with Crippen LogP contribution >= 0.6 is 0 Å². The quantitative estimate of drug-likeness (QED) is 0.732. The van der Waals surface area contributed by atoms with Crippen molar-refractivity contribution in [2.24, 2.45) is 5.92 Å². The molecule has 5 heteroatoms. The van der Waals surface area contributed by atoms with Gasteiger partial charge in [0, 0.05) is 6.54 Å². The molecule has 1 amide bonds. The summed E-state index contributed by atoms with van der Waals surface area (Å²) >= 11 is 0. The third-order valence-electron chi connectivity index (χ3n) is 2.60. The third-order valence-corrected chi connectivity index (χ3v) is 2.60. The van der Waals surface area contributed by atoms with Crippen LogP contribution in [0.2, 0.25) is 0 Å². The molecule has 0 saturated carbocycles. The highest BCUT2D eigenvalue weighted by Gasteiger charge is 2.26. The van der Waals surface area contributed by atoms with Gasteiger partial charge in [0.15, 0.2) is 6.10 Å². The summed E-state index contributed by atoms with van der Waals surface area (Å²) in [5, 5.41) is 12.7. The molecule has 1 saturated heterocycles. The summed E-state index contributed by atoms with van der Waals surface area (Å²) in [5.41, 5.74) is -0.876. The van der Waals surface area contributed by atoms with Crippen molar-refractivity contribution in [1.82, 2.24) is 5.32 Å². The zero-order valence-corrected chi connectivity index (χ0v) is 10.9. The van der Waals surface area contributed by atoms with E-state index in [0.29, 0.717) is 25.6 Å². The van der Waals surface area contributed by atoms with Gasteiger partial charge in [-0.2, -0.15) is 0 Å². The molecule has 1 heterocycles. The van der Waals surface area contributed by atoms with Crippen molar-refractivity contribution in [1.29, 1.82) is 0 Å². The number of carbonyl (C=O) groups is 1. The largest absolute Gasteiger partial charge is 0.388 e. The Labute approximate surface area is 102 Å². The second-order valence-corrected chi connectivity index (χ2v) is 5.25. The molecule has 1 rings (SSSR count). The molecule has 2 unspecified atom stereocenters. The van der Waals surface area contributed by atoms with Crippen molar-refractivity contribution in [3.05, 3.63) is 0 Å². The van der Waals surface area contributed by atoms with E-state index in [1.807, 2.05) is 13.8 Å². The molecule has 5 nitrogen and oxygen atoms in total. The molecule has 0 aliphatic carbocycles. The monoisotopic (exact) mass is 245 g/mol. The Morgan fingerprint density at radius 3 is 2.76 bits per heavy atom. The van der Waals surface area contributed by atoms with Crippen molar-refractivity contribution in [3.8, 4) is 0 Å². The summed E-state index contributed by atoms with van der Waals surface area (Å²) in [4.78, 5) is 11.7. The van der Waals surface area contributed by atoms with Crippen LogP contribution in [-0.4, -0.2) is 49.1 Å². The van der Waals surface area contributed by atoms with Crippen LogP contribution in [-0.2, 0) is 14.3 Å². The maximum absolute atomic E-state index is 11.7. The van der Waals surface area contributed by atoms with E-state index in [-0.39, 0.29) is 19.1 Å². The Morgan fingerprint density at radius 1 is 1.53 bits per heavy atom. The Morgan fingerprint density at radius 2 is 2.24 bits per heavy atom. The molecule has 1 fully saturated rings. The summed E-state index contributed by atoms with van der Waals surface area (Å²) in [6.07, 6.45) is 0.105. The smallest absolute Gasteiger partial charge is 0.251 e. The van der Waals surface area contributed by atoms with Crippen LogP contribution in [0.25, 0.3) is 0 Å². The number of carbonyl (C=O) groups excluding carboxylic acids is 1. The average Bonchev–Trinajstić information content (AvgIpc) is 2.25. The molecule has 1 aliphatic heterocycles. The maximum atomic E-state index is 11.7. The van der Waals surface area contributed by atoms with Gasteiger partial charge in [-0.25, -0.2) is 0 Å². The molecule has 0 aromatic heterocycles. The minimum absolute atomic E-state index is 0.214. The summed E-state index contributed by atoms with van der Waals surface area (Å²) in [5.74, 6) is 0.171. The fourth-order valence-corrected chi connectivity index (χ4v) is 1.98. The molecule has 1 aliphatic rings. The molecule has 0 spiro atoms. The fraction of sp³-hybridized carbons (Fsp3) is 0.917. The van der Waals surface area contributed by atoms with E-state index in [9.17, 15) is 9.90 Å². The molecule has 2 atom stereocenters. The molecule has 100 valence electrons. The molecule has 0 aromatic rings. The number of ether oxygens (including phenoxy) is 2. The van der Waals surface area contributed by atoms with E-state index < -0.39 is 11.7 Å². The predicted molar refractivity (Wildman–Crippen MR) is 63.6 cm³/mol. The summed E-state index contributed by atoms with van der Waals surface area (Å²) in [6.45, 7) is 7.31. The lowest BCUT2D eigenvalue weighted by molar-refractivity contribution is -0.148. The Bertz CT molecular complexity index is 247. The van der Waals surface area contributed by atoms with Crippen LogP contribution in [0, 0.1) is 5.92 Å². The number of aliphatic hydroxyl groups is 1. The van der Waals surface area contributed by atoms with E-state index in [1.165, 1.54) is 0 Å². The van der Waals surface area contributed by atoms with Gasteiger partial charge in [-0.3, -0.25) is 4.79 Å². The van der Waals surface area contributed by atoms with Gasteiger partial charge in [0.05, 0.1) is 25.4 Å². The van der Waals surface area contributed by atoms with Gasteiger partial charge in [0.2, 0.25) is 0 Å². The number of rotatable bonds is 5. The summed E-state index contributed by atoms with van der Waals surface area (Å²) < 4.78 is 10.4. The second kappa shape index (κ2) is 6.33. The number of amides is 1. The molecular weight excluding hydrogens is 222 g/mol. The second-order valence-electron chi connectivity index (χ2n) is 5.25. The topological polar surface area (TPSA) is 67.8 Å². The first-order valence-electron chi connectivity index (χ1n) is 6.10. The minimum Gasteiger partial charge on any atom is -0.388 e. The summed E-state index contributed by atoms with van der Waals surface area (Å²) in [6, 6.07) is 0. The molecular formula is C12H23NO4. The number of hydrogen-bond acceptors (Lipinski definition) is 4. The van der Waals surface area contributed by atoms with Crippen molar-refractivity contribution >= 4 is 5.91 Å². The number of hydrogen-bond donors (Lipinski definition) is 2. The van der Waals surface area contributed by atoms with Gasteiger partial charge < -0.3 is 19.9 Å². The van der Waals surface area contributed by atoms with Gasteiger partial charge in [0.25, 0.3) is 5.91 Å². The zero-order valence-electron chi connectivity index (χ0n) is 10.9.